The molecule has 0 atom stereocenters. The fourth-order valence-electron chi connectivity index (χ4n) is 2.67. The summed E-state index contributed by atoms with van der Waals surface area (Å²) < 4.78 is 37.3. The highest BCUT2D eigenvalue weighted by Gasteiger charge is 2.21. The maximum Gasteiger partial charge on any atom is 0.340 e. The number of nitro benzene ring substituents is 1. The first-order chi connectivity index (χ1) is 16.1. The number of anilines is 1. The Morgan fingerprint density at radius 3 is 2.50 bits per heavy atom. The molecule has 2 aromatic carbocycles. The first-order valence-electron chi connectivity index (χ1n) is 10.1. The summed E-state index contributed by atoms with van der Waals surface area (Å²) in [5.74, 6) is -1.95. The van der Waals surface area contributed by atoms with Gasteiger partial charge in [-0.05, 0) is 31.5 Å². The fraction of sp³-hybridized carbons (Fsp3) is 0.286. The van der Waals surface area contributed by atoms with Crippen LogP contribution in [0.5, 0.6) is 0 Å². The number of nitrogens with one attached hydrogen (secondary N) is 2. The number of sulfonamides is 1. The van der Waals surface area contributed by atoms with E-state index in [1.807, 2.05) is 0 Å². The second kappa shape index (κ2) is 12.3. The largest absolute Gasteiger partial charge is 0.466 e. The van der Waals surface area contributed by atoms with Crippen LogP contribution in [0.1, 0.15) is 30.1 Å². The molecule has 0 radical (unpaired) electrons. The number of esters is 2. The number of hydrogen-bond donors (Lipinski definition) is 2. The smallest absolute Gasteiger partial charge is 0.340 e. The van der Waals surface area contributed by atoms with Gasteiger partial charge in [0.15, 0.2) is 6.61 Å². The Kier molecular flexibility index (Phi) is 9.49. The summed E-state index contributed by atoms with van der Waals surface area (Å²) in [6, 6.07) is 9.96. The number of ether oxygens (including phenoxy) is 2. The second-order valence-corrected chi connectivity index (χ2v) is 8.42. The molecular formula is C21H23N3O9S. The predicted molar refractivity (Wildman–Crippen MR) is 120 cm³/mol. The van der Waals surface area contributed by atoms with Crippen molar-refractivity contribution in [2.45, 2.75) is 24.7 Å². The van der Waals surface area contributed by atoms with Gasteiger partial charge in [-0.2, -0.15) is 0 Å². The second-order valence-electron chi connectivity index (χ2n) is 6.74. The van der Waals surface area contributed by atoms with Crippen LogP contribution in [0, 0.1) is 10.1 Å². The van der Waals surface area contributed by atoms with E-state index >= 15 is 0 Å². The van der Waals surface area contributed by atoms with Crippen LogP contribution in [0.4, 0.5) is 11.4 Å². The Bertz CT molecular complexity index is 1170. The Hall–Kier alpha value is -4.00. The molecule has 2 aromatic rings. The minimum absolute atomic E-state index is 0.131. The summed E-state index contributed by atoms with van der Waals surface area (Å²) in [6.07, 6.45) is 0.479. The molecular weight excluding hydrogens is 470 g/mol. The Labute approximate surface area is 195 Å². The molecule has 34 heavy (non-hydrogen) atoms. The minimum Gasteiger partial charge on any atom is -0.466 e. The lowest BCUT2D eigenvalue weighted by molar-refractivity contribution is -0.385. The van der Waals surface area contributed by atoms with E-state index in [0.717, 1.165) is 12.1 Å². The van der Waals surface area contributed by atoms with Crippen molar-refractivity contribution < 1.29 is 37.2 Å². The van der Waals surface area contributed by atoms with E-state index in [1.165, 1.54) is 36.4 Å². The zero-order valence-electron chi connectivity index (χ0n) is 18.2. The van der Waals surface area contributed by atoms with Gasteiger partial charge < -0.3 is 14.8 Å². The van der Waals surface area contributed by atoms with E-state index in [0.29, 0.717) is 6.42 Å². The number of carbonyl (C=O) groups is 3. The van der Waals surface area contributed by atoms with Gasteiger partial charge in [-0.15, -0.1) is 0 Å². The van der Waals surface area contributed by atoms with Crippen LogP contribution in [0.2, 0.25) is 0 Å². The van der Waals surface area contributed by atoms with E-state index < -0.39 is 39.1 Å². The zero-order valence-corrected chi connectivity index (χ0v) is 19.0. The van der Waals surface area contributed by atoms with Crippen LogP contribution in [-0.4, -0.2) is 50.9 Å². The third-order valence-corrected chi connectivity index (χ3v) is 5.61. The average molecular weight is 493 g/mol. The highest BCUT2D eigenvalue weighted by atomic mass is 32.2. The average Bonchev–Trinajstić information content (AvgIpc) is 2.80. The first-order valence-corrected chi connectivity index (χ1v) is 11.6. The molecule has 2 rings (SSSR count). The van der Waals surface area contributed by atoms with Gasteiger partial charge in [0.05, 0.1) is 27.7 Å². The predicted octanol–water partition coefficient (Wildman–Crippen LogP) is 2.01. The minimum atomic E-state index is -4.26. The molecule has 0 aliphatic rings. The number of nitrogens with zero attached hydrogens (tertiary/aromatic N) is 1. The van der Waals surface area contributed by atoms with Gasteiger partial charge in [-0.25, -0.2) is 13.2 Å². The molecule has 12 nitrogen and oxygen atoms in total. The van der Waals surface area contributed by atoms with Crippen molar-refractivity contribution in [3.8, 4) is 0 Å². The Morgan fingerprint density at radius 2 is 1.79 bits per heavy atom. The molecule has 0 saturated heterocycles. The highest BCUT2D eigenvalue weighted by molar-refractivity contribution is 7.92. The van der Waals surface area contributed by atoms with Crippen LogP contribution in [0.3, 0.4) is 0 Å². The van der Waals surface area contributed by atoms with Gasteiger partial charge in [0.25, 0.3) is 21.6 Å². The van der Waals surface area contributed by atoms with Gasteiger partial charge in [-0.1, -0.05) is 18.2 Å². The zero-order chi connectivity index (χ0) is 25.1. The SMILES string of the molecule is CCOC(=O)CCCNC(=O)COC(=O)c1ccccc1NS(=O)(=O)c1cccc([N+](=O)[O-])c1. The standard InChI is InChI=1S/C21H23N3O9S/c1-2-32-20(26)11-6-12-22-19(25)14-33-21(27)17-9-3-4-10-18(17)23-34(30,31)16-8-5-7-15(13-16)24(28)29/h3-5,7-10,13,23H,2,6,11-12,14H2,1H3,(H,22,25). The van der Waals surface area contributed by atoms with Crippen molar-refractivity contribution in [1.29, 1.82) is 0 Å². The number of carbonyl (C=O) groups excluding carboxylic acids is 3. The number of rotatable bonds is 12. The Balaban J connectivity index is 1.98. The molecule has 0 aromatic heterocycles. The third-order valence-electron chi connectivity index (χ3n) is 4.25. The molecule has 0 bridgehead atoms. The molecule has 0 aliphatic heterocycles. The van der Waals surface area contributed by atoms with E-state index in [2.05, 4.69) is 10.0 Å². The van der Waals surface area contributed by atoms with Crippen molar-refractivity contribution in [2.75, 3.05) is 24.5 Å². The molecule has 13 heteroatoms. The highest BCUT2D eigenvalue weighted by Crippen LogP contribution is 2.23. The van der Waals surface area contributed by atoms with Gasteiger partial charge in [0.2, 0.25) is 0 Å². The maximum absolute atomic E-state index is 12.7. The third kappa shape index (κ3) is 7.85. The van der Waals surface area contributed by atoms with Gasteiger partial charge >= 0.3 is 11.9 Å². The topological polar surface area (TPSA) is 171 Å². The van der Waals surface area contributed by atoms with Crippen LogP contribution >= 0.6 is 0 Å². The molecule has 0 aliphatic carbocycles. The van der Waals surface area contributed by atoms with Gasteiger partial charge in [0, 0.05) is 25.1 Å². The van der Waals surface area contributed by atoms with Crippen molar-refractivity contribution >= 4 is 39.2 Å². The molecule has 0 heterocycles. The van der Waals surface area contributed by atoms with Crippen molar-refractivity contribution in [3.05, 3.63) is 64.2 Å². The fourth-order valence-corrected chi connectivity index (χ4v) is 3.79. The van der Waals surface area contributed by atoms with Crippen LogP contribution < -0.4 is 10.0 Å². The quantitative estimate of drug-likeness (QED) is 0.194. The van der Waals surface area contributed by atoms with E-state index in [9.17, 15) is 32.9 Å². The molecule has 0 fully saturated rings. The summed E-state index contributed by atoms with van der Waals surface area (Å²) in [5.41, 5.74) is -0.704. The summed E-state index contributed by atoms with van der Waals surface area (Å²) in [5, 5.41) is 13.4. The number of para-hydroxylation sites is 1. The summed E-state index contributed by atoms with van der Waals surface area (Å²) in [7, 11) is -4.26. The Morgan fingerprint density at radius 1 is 1.06 bits per heavy atom. The van der Waals surface area contributed by atoms with Crippen molar-refractivity contribution in [2.24, 2.45) is 0 Å². The lowest BCUT2D eigenvalue weighted by Crippen LogP contribution is -2.30. The molecule has 0 unspecified atom stereocenters. The summed E-state index contributed by atoms with van der Waals surface area (Å²) in [4.78, 5) is 45.4. The maximum atomic E-state index is 12.7. The van der Waals surface area contributed by atoms with Crippen LogP contribution in [0.25, 0.3) is 0 Å². The summed E-state index contributed by atoms with van der Waals surface area (Å²) in [6.45, 7) is 1.51. The lowest BCUT2D eigenvalue weighted by Gasteiger charge is -2.12. The molecule has 2 N–H and O–H groups in total. The number of nitro groups is 1. The van der Waals surface area contributed by atoms with Crippen LogP contribution in [-0.2, 0) is 29.1 Å². The monoisotopic (exact) mass is 493 g/mol. The lowest BCUT2D eigenvalue weighted by atomic mass is 10.2. The number of amides is 1. The molecule has 0 spiro atoms. The van der Waals surface area contributed by atoms with E-state index in [4.69, 9.17) is 9.47 Å². The molecule has 1 amide bonds. The number of benzene rings is 2. The first kappa shape index (κ1) is 26.3. The van der Waals surface area contributed by atoms with Crippen molar-refractivity contribution in [1.82, 2.24) is 5.32 Å². The van der Waals surface area contributed by atoms with E-state index in [1.54, 1.807) is 6.92 Å². The molecule has 182 valence electrons. The van der Waals surface area contributed by atoms with Gasteiger partial charge in [0.1, 0.15) is 0 Å². The van der Waals surface area contributed by atoms with Crippen LogP contribution in [0.15, 0.2) is 53.4 Å². The number of non-ortho nitro benzene ring substituents is 1. The summed E-state index contributed by atoms with van der Waals surface area (Å²) >= 11 is 0. The van der Waals surface area contributed by atoms with E-state index in [-0.39, 0.29) is 41.7 Å². The van der Waals surface area contributed by atoms with Gasteiger partial charge in [-0.3, -0.25) is 24.4 Å². The number of hydrogen-bond acceptors (Lipinski definition) is 9. The normalized spacial score (nSPS) is 10.7. The van der Waals surface area contributed by atoms with Crippen molar-refractivity contribution in [3.63, 3.8) is 0 Å². The molecule has 0 saturated carbocycles.